The number of likely N-dealkylation sites (tertiary alicyclic amines) is 2. The summed E-state index contributed by atoms with van der Waals surface area (Å²) in [5, 5.41) is 14.1. The van der Waals surface area contributed by atoms with Gasteiger partial charge in [-0.2, -0.15) is 36.5 Å². The van der Waals surface area contributed by atoms with Crippen molar-refractivity contribution in [3.63, 3.8) is 0 Å². The van der Waals surface area contributed by atoms with Crippen LogP contribution < -0.4 is 10.6 Å². The fourth-order valence-corrected chi connectivity index (χ4v) is 9.07. The highest BCUT2D eigenvalue weighted by Gasteiger charge is 2.40. The zero-order valence-electron chi connectivity index (χ0n) is 37.5. The van der Waals surface area contributed by atoms with E-state index in [9.17, 15) is 44.7 Å². The molecule has 8 heterocycles. The van der Waals surface area contributed by atoms with E-state index in [1.54, 1.807) is 29.2 Å². The summed E-state index contributed by atoms with van der Waals surface area (Å²) in [5.41, 5.74) is -1.97. The lowest BCUT2D eigenvalue weighted by molar-refractivity contribution is -0.137. The Morgan fingerprint density at radius 1 is 0.639 bits per heavy atom. The first-order valence-electron chi connectivity index (χ1n) is 22.5. The van der Waals surface area contributed by atoms with Gasteiger partial charge in [-0.25, -0.2) is 42.1 Å². The molecule has 2 fully saturated rings. The van der Waals surface area contributed by atoms with Crippen molar-refractivity contribution in [3.05, 3.63) is 155 Å². The Morgan fingerprint density at radius 2 is 1.19 bits per heavy atom. The molecule has 2 saturated heterocycles. The summed E-state index contributed by atoms with van der Waals surface area (Å²) in [4.78, 5) is 48.9. The number of rotatable bonds is 11. The molecule has 0 aliphatic carbocycles. The van der Waals surface area contributed by atoms with Crippen LogP contribution in [-0.4, -0.2) is 92.5 Å². The standard InChI is InChI=1S/C49H39F9N12O2/c50-35-17-20-68(27-29-8-6-14-41(62-29)63-45(71)38-24-59-42-16-15-36(65-69(38)42)30-9-1-3-11-33(30)48(53,54)55)43(35)32-23-37(31-10-2-4-12-34(31)49(56,57)58)66-70-39(25-60-44(32)70)46(72)64-40-13-5-7-28(61-40)26-67-21-18-47(51,52)19-22-67/h1-16,23-25,35,43H,17-22,26-27H2,(H,61,64,72)(H,62,63,71)/t35-,43?/m1/s1. The molecule has 72 heavy (non-hydrogen) atoms. The smallest absolute Gasteiger partial charge is 0.305 e. The summed E-state index contributed by atoms with van der Waals surface area (Å²) in [6, 6.07) is 22.1. The normalized spacial score (nSPS) is 17.7. The molecule has 2 aliphatic rings. The second-order valence-corrected chi connectivity index (χ2v) is 17.4. The number of amides is 2. The second kappa shape index (κ2) is 18.8. The van der Waals surface area contributed by atoms with E-state index < -0.39 is 53.4 Å². The van der Waals surface area contributed by atoms with Gasteiger partial charge in [-0.15, -0.1) is 0 Å². The van der Waals surface area contributed by atoms with Crippen molar-refractivity contribution in [2.45, 2.75) is 62.8 Å². The minimum absolute atomic E-state index is 0.00329. The molecule has 0 radical (unpaired) electrons. The van der Waals surface area contributed by atoms with E-state index in [1.807, 2.05) is 4.90 Å². The summed E-state index contributed by atoms with van der Waals surface area (Å²) in [6.45, 7) is 0.673. The number of pyridine rings is 2. The SMILES string of the molecule is O=C(Nc1cccc(CN2CC[C@@H](F)C2c2cc(-c3ccccc3C(F)(F)F)nn3c(C(=O)Nc4cccc(CN5CCC(F)(F)CC5)n4)cnc23)n1)c1cnc2ccc(-c3ccccc3C(F)(F)F)nn12. The molecule has 2 aromatic carbocycles. The van der Waals surface area contributed by atoms with Gasteiger partial charge in [-0.3, -0.25) is 19.4 Å². The van der Waals surface area contributed by atoms with Gasteiger partial charge in [0.15, 0.2) is 22.7 Å². The summed E-state index contributed by atoms with van der Waals surface area (Å²) in [6.07, 6.45) is -9.30. The molecule has 2 atom stereocenters. The Kier molecular flexibility index (Phi) is 12.5. The number of carbonyl (C=O) groups excluding carboxylic acids is 2. The molecule has 370 valence electrons. The third kappa shape index (κ3) is 9.80. The third-order valence-electron chi connectivity index (χ3n) is 12.5. The molecular weight excluding hydrogens is 960 g/mol. The number of hydrogen-bond donors (Lipinski definition) is 2. The lowest BCUT2D eigenvalue weighted by Crippen LogP contribution is -2.39. The molecule has 0 bridgehead atoms. The van der Waals surface area contributed by atoms with Gasteiger partial charge < -0.3 is 10.6 Å². The number of imidazole rings is 2. The van der Waals surface area contributed by atoms with E-state index in [2.05, 4.69) is 40.8 Å². The molecule has 0 saturated carbocycles. The van der Waals surface area contributed by atoms with Crippen LogP contribution in [0, 0.1) is 0 Å². The van der Waals surface area contributed by atoms with Crippen LogP contribution in [0.25, 0.3) is 33.8 Å². The number of benzene rings is 2. The van der Waals surface area contributed by atoms with Gasteiger partial charge in [0, 0.05) is 62.3 Å². The van der Waals surface area contributed by atoms with Crippen molar-refractivity contribution in [1.29, 1.82) is 0 Å². The number of nitrogens with zero attached hydrogens (tertiary/aromatic N) is 10. The van der Waals surface area contributed by atoms with Crippen LogP contribution in [0.3, 0.4) is 0 Å². The van der Waals surface area contributed by atoms with Gasteiger partial charge in [-0.1, -0.05) is 48.5 Å². The maximum atomic E-state index is 16.5. The lowest BCUT2D eigenvalue weighted by Gasteiger charge is -2.31. The van der Waals surface area contributed by atoms with Crippen molar-refractivity contribution in [2.75, 3.05) is 30.3 Å². The van der Waals surface area contributed by atoms with Crippen LogP contribution >= 0.6 is 0 Å². The third-order valence-corrected chi connectivity index (χ3v) is 12.5. The zero-order chi connectivity index (χ0) is 50.5. The largest absolute Gasteiger partial charge is 0.417 e. The molecule has 2 amide bonds. The first-order chi connectivity index (χ1) is 34.4. The highest BCUT2D eigenvalue weighted by molar-refractivity contribution is 6.03. The van der Waals surface area contributed by atoms with E-state index in [0.29, 0.717) is 11.4 Å². The predicted octanol–water partition coefficient (Wildman–Crippen LogP) is 9.95. The Bertz CT molecular complexity index is 3350. The number of piperidine rings is 1. The van der Waals surface area contributed by atoms with Gasteiger partial charge in [0.25, 0.3) is 17.7 Å². The van der Waals surface area contributed by atoms with E-state index in [0.717, 1.165) is 21.2 Å². The number of hydrogen-bond acceptors (Lipinski definition) is 10. The van der Waals surface area contributed by atoms with Crippen molar-refractivity contribution >= 4 is 34.7 Å². The van der Waals surface area contributed by atoms with Crippen LogP contribution in [0.5, 0.6) is 0 Å². The number of anilines is 2. The van der Waals surface area contributed by atoms with E-state index in [4.69, 9.17) is 0 Å². The Labute approximate surface area is 402 Å². The van der Waals surface area contributed by atoms with Crippen molar-refractivity contribution in [2.24, 2.45) is 0 Å². The Hall–Kier alpha value is -7.79. The first-order valence-corrected chi connectivity index (χ1v) is 22.5. The van der Waals surface area contributed by atoms with E-state index in [1.165, 1.54) is 79.1 Å². The molecule has 10 rings (SSSR count). The second-order valence-electron chi connectivity index (χ2n) is 17.4. The monoisotopic (exact) mass is 998 g/mol. The number of fused-ring (bicyclic) bond motifs is 2. The molecule has 23 heteroatoms. The van der Waals surface area contributed by atoms with Gasteiger partial charge >= 0.3 is 12.4 Å². The molecule has 14 nitrogen and oxygen atoms in total. The number of alkyl halides is 9. The molecule has 8 aromatic rings. The molecular formula is C49H39F9N12O2. The number of aromatic nitrogens is 8. The van der Waals surface area contributed by atoms with E-state index in [-0.39, 0.29) is 114 Å². The van der Waals surface area contributed by atoms with Gasteiger partial charge in [0.05, 0.1) is 52.3 Å². The quantitative estimate of drug-likeness (QED) is 0.120. The average molecular weight is 999 g/mol. The van der Waals surface area contributed by atoms with Crippen molar-refractivity contribution in [3.8, 4) is 22.5 Å². The molecule has 6 aromatic heterocycles. The maximum absolute atomic E-state index is 16.5. The molecule has 0 spiro atoms. The number of halogens is 9. The van der Waals surface area contributed by atoms with Crippen LogP contribution in [0.1, 0.15) is 74.4 Å². The topological polar surface area (TPSA) is 151 Å². The number of nitrogens with one attached hydrogen (secondary N) is 2. The fourth-order valence-electron chi connectivity index (χ4n) is 9.07. The van der Waals surface area contributed by atoms with Gasteiger partial charge in [0.2, 0.25) is 0 Å². The van der Waals surface area contributed by atoms with Crippen LogP contribution in [-0.2, 0) is 25.4 Å². The predicted molar refractivity (Wildman–Crippen MR) is 243 cm³/mol. The molecule has 2 aliphatic heterocycles. The maximum Gasteiger partial charge on any atom is 0.417 e. The van der Waals surface area contributed by atoms with E-state index >= 15 is 4.39 Å². The summed E-state index contributed by atoms with van der Waals surface area (Å²) < 4.78 is 131. The van der Waals surface area contributed by atoms with Crippen molar-refractivity contribution in [1.82, 2.24) is 49.0 Å². The highest BCUT2D eigenvalue weighted by atomic mass is 19.4. The average Bonchev–Trinajstić information content (AvgIpc) is 4.08. The number of carbonyl (C=O) groups is 2. The van der Waals surface area contributed by atoms with Crippen LogP contribution in [0.4, 0.5) is 51.1 Å². The fraction of sp³-hybridized carbons (Fsp3) is 0.265. The van der Waals surface area contributed by atoms with Crippen LogP contribution in [0.2, 0.25) is 0 Å². The Balaban J connectivity index is 0.934. The molecule has 1 unspecified atom stereocenters. The lowest BCUT2D eigenvalue weighted by atomic mass is 9.99. The minimum Gasteiger partial charge on any atom is -0.305 e. The zero-order valence-corrected chi connectivity index (χ0v) is 37.5. The Morgan fingerprint density at radius 3 is 1.82 bits per heavy atom. The summed E-state index contributed by atoms with van der Waals surface area (Å²) in [5.74, 6) is -4.13. The highest BCUT2D eigenvalue weighted by Crippen LogP contribution is 2.42. The van der Waals surface area contributed by atoms with Gasteiger partial charge in [-0.05, 0) is 61.0 Å². The van der Waals surface area contributed by atoms with Crippen LogP contribution in [0.15, 0.2) is 116 Å². The van der Waals surface area contributed by atoms with Gasteiger partial charge in [0.1, 0.15) is 17.8 Å². The summed E-state index contributed by atoms with van der Waals surface area (Å²) in [7, 11) is 0. The molecule has 2 N–H and O–H groups in total. The minimum atomic E-state index is -4.82. The first kappa shape index (κ1) is 47.9. The van der Waals surface area contributed by atoms with Crippen molar-refractivity contribution < 1.29 is 49.1 Å². The summed E-state index contributed by atoms with van der Waals surface area (Å²) >= 11 is 0.